The van der Waals surface area contributed by atoms with Gasteiger partial charge in [0.05, 0.1) is 50.7 Å². The number of carboxylic acids is 1. The van der Waals surface area contributed by atoms with Gasteiger partial charge in [0.2, 0.25) is 0 Å². The van der Waals surface area contributed by atoms with Crippen molar-refractivity contribution in [1.29, 1.82) is 0 Å². The molecule has 0 spiro atoms. The molecule has 2 unspecified atom stereocenters. The van der Waals surface area contributed by atoms with Crippen LogP contribution in [-0.2, 0) is 38.2 Å². The number of ketones is 3. The quantitative estimate of drug-likeness (QED) is 0.0659. The van der Waals surface area contributed by atoms with E-state index in [1.165, 1.54) is 0 Å². The first-order valence-electron chi connectivity index (χ1n) is 13.8. The number of aliphatic carboxylic acids is 1. The van der Waals surface area contributed by atoms with Gasteiger partial charge in [-0.15, -0.1) is 0 Å². The van der Waals surface area contributed by atoms with E-state index in [-0.39, 0.29) is 49.3 Å². The van der Waals surface area contributed by atoms with Crippen LogP contribution in [0.4, 0.5) is 0 Å². The lowest BCUT2D eigenvalue weighted by molar-refractivity contribution is -0.139. The van der Waals surface area contributed by atoms with E-state index in [0.717, 1.165) is 0 Å². The van der Waals surface area contributed by atoms with E-state index < -0.39 is 23.1 Å². The molecule has 0 aliphatic rings. The van der Waals surface area contributed by atoms with Gasteiger partial charge in [-0.05, 0) is 48.1 Å². The lowest BCUT2D eigenvalue weighted by atomic mass is 9.94. The van der Waals surface area contributed by atoms with E-state index in [9.17, 15) is 19.2 Å². The number of rotatable bonds is 27. The zero-order valence-corrected chi connectivity index (χ0v) is 25.4. The van der Waals surface area contributed by atoms with Crippen LogP contribution in [0.3, 0.4) is 0 Å². The molecule has 0 aliphatic carbocycles. The van der Waals surface area contributed by atoms with Crippen molar-refractivity contribution in [3.05, 3.63) is 0 Å². The maximum absolute atomic E-state index is 12.5. The van der Waals surface area contributed by atoms with Crippen LogP contribution in [0, 0.1) is 5.92 Å². The first kappa shape index (κ1) is 38.2. The van der Waals surface area contributed by atoms with Crippen molar-refractivity contribution in [1.82, 2.24) is 21.4 Å². The summed E-state index contributed by atoms with van der Waals surface area (Å²) in [6, 6.07) is -0.751. The fraction of sp³-hybridized carbons (Fsp3) is 0.852. The van der Waals surface area contributed by atoms with Gasteiger partial charge < -0.3 is 35.3 Å². The molecule has 0 aromatic rings. The van der Waals surface area contributed by atoms with Crippen molar-refractivity contribution in [2.75, 3.05) is 72.9 Å². The average molecular weight is 577 g/mol. The highest BCUT2D eigenvalue weighted by molar-refractivity contribution is 5.89. The first-order chi connectivity index (χ1) is 18.7. The second-order valence-corrected chi connectivity index (χ2v) is 10.7. The molecular weight excluding hydrogens is 524 g/mol. The van der Waals surface area contributed by atoms with Gasteiger partial charge in [-0.3, -0.25) is 24.0 Å². The maximum atomic E-state index is 12.5. The Bertz CT molecular complexity index is 762. The van der Waals surface area contributed by atoms with Crippen LogP contribution in [0.2, 0.25) is 0 Å². The minimum Gasteiger partial charge on any atom is -0.480 e. The number of carboxylic acid groups (broad SMARTS) is 1. The molecule has 0 fully saturated rings. The van der Waals surface area contributed by atoms with E-state index in [1.807, 2.05) is 6.92 Å². The fourth-order valence-corrected chi connectivity index (χ4v) is 3.22. The molecular formula is C27H52N4O9. The minimum atomic E-state index is -0.979. The molecule has 0 heterocycles. The van der Waals surface area contributed by atoms with Gasteiger partial charge in [-0.1, -0.05) is 6.92 Å². The SMILES string of the molecule is CNC(CCC(=O)C(C)(C)NCCOCCOCC(=O)C(C)(C)NCCOCCONCC(C)C(C)=O)C(=O)O. The number of Topliss-reactive ketones (excluding diaryl/α,β-unsaturated/α-hetero) is 3. The number of nitrogens with one attached hydrogen (secondary N) is 4. The van der Waals surface area contributed by atoms with Gasteiger partial charge in [0.25, 0.3) is 0 Å². The summed E-state index contributed by atoms with van der Waals surface area (Å²) in [6.07, 6.45) is 0.370. The summed E-state index contributed by atoms with van der Waals surface area (Å²) in [6.45, 7) is 13.8. The third kappa shape index (κ3) is 17.8. The number of hydrogen-bond donors (Lipinski definition) is 5. The van der Waals surface area contributed by atoms with Crippen LogP contribution >= 0.6 is 0 Å². The molecule has 0 bridgehead atoms. The molecule has 13 heteroatoms. The molecule has 0 saturated heterocycles. The number of ether oxygens (including phenoxy) is 3. The maximum Gasteiger partial charge on any atom is 0.320 e. The molecule has 0 aromatic carbocycles. The summed E-state index contributed by atoms with van der Waals surface area (Å²) >= 11 is 0. The third-order valence-electron chi connectivity index (χ3n) is 6.45. The van der Waals surface area contributed by atoms with Gasteiger partial charge in [0.15, 0.2) is 11.6 Å². The largest absolute Gasteiger partial charge is 0.480 e. The summed E-state index contributed by atoms with van der Waals surface area (Å²) < 4.78 is 16.4. The van der Waals surface area contributed by atoms with Crippen molar-refractivity contribution < 1.29 is 43.3 Å². The third-order valence-corrected chi connectivity index (χ3v) is 6.45. The monoisotopic (exact) mass is 576 g/mol. The van der Waals surface area contributed by atoms with E-state index in [2.05, 4.69) is 21.4 Å². The van der Waals surface area contributed by atoms with Gasteiger partial charge >= 0.3 is 5.97 Å². The molecule has 0 saturated carbocycles. The Morgan fingerprint density at radius 3 is 1.85 bits per heavy atom. The Labute approximate surface area is 238 Å². The van der Waals surface area contributed by atoms with Crippen LogP contribution in [0.1, 0.15) is 54.4 Å². The lowest BCUT2D eigenvalue weighted by Crippen LogP contribution is -2.49. The van der Waals surface area contributed by atoms with E-state index >= 15 is 0 Å². The van der Waals surface area contributed by atoms with Crippen molar-refractivity contribution in [2.24, 2.45) is 5.92 Å². The number of carbonyl (C=O) groups is 4. The van der Waals surface area contributed by atoms with Crippen LogP contribution in [0.25, 0.3) is 0 Å². The van der Waals surface area contributed by atoms with Crippen LogP contribution in [0.5, 0.6) is 0 Å². The Kier molecular flexibility index (Phi) is 20.0. The highest BCUT2D eigenvalue weighted by Crippen LogP contribution is 2.10. The summed E-state index contributed by atoms with van der Waals surface area (Å²) in [7, 11) is 1.55. The molecule has 2 atom stereocenters. The van der Waals surface area contributed by atoms with Crippen LogP contribution < -0.4 is 21.4 Å². The fourth-order valence-electron chi connectivity index (χ4n) is 3.22. The van der Waals surface area contributed by atoms with Crippen LogP contribution in [-0.4, -0.2) is 118 Å². The summed E-state index contributed by atoms with van der Waals surface area (Å²) in [5, 5.41) is 18.0. The Morgan fingerprint density at radius 1 is 0.800 bits per heavy atom. The lowest BCUT2D eigenvalue weighted by Gasteiger charge is -2.25. The summed E-state index contributed by atoms with van der Waals surface area (Å²) in [5.41, 5.74) is 1.17. The van der Waals surface area contributed by atoms with E-state index in [1.54, 1.807) is 41.7 Å². The normalized spacial score (nSPS) is 13.7. The van der Waals surface area contributed by atoms with Gasteiger partial charge in [-0.2, -0.15) is 0 Å². The standard InChI is InChI=1S/C27H52N4O9/c1-20(21(2)32)18-31-40-17-16-38-13-11-30-27(5,6)24(34)19-39-15-14-37-12-10-29-26(3,4)23(33)9-8-22(28-7)25(35)36/h20,22,28-31H,8-19H2,1-7H3,(H,35,36). The van der Waals surface area contributed by atoms with Gasteiger partial charge in [-0.25, -0.2) is 5.48 Å². The highest BCUT2D eigenvalue weighted by Gasteiger charge is 2.28. The van der Waals surface area contributed by atoms with Crippen molar-refractivity contribution in [3.8, 4) is 0 Å². The second-order valence-electron chi connectivity index (χ2n) is 10.7. The Hall–Kier alpha value is -1.84. The molecule has 0 aromatic heterocycles. The second kappa shape index (κ2) is 20.9. The summed E-state index contributed by atoms with van der Waals surface area (Å²) in [5.74, 6) is -1.14. The molecule has 5 N–H and O–H groups in total. The topological polar surface area (TPSA) is 174 Å². The van der Waals surface area contributed by atoms with Crippen molar-refractivity contribution in [3.63, 3.8) is 0 Å². The molecule has 0 radical (unpaired) electrons. The van der Waals surface area contributed by atoms with Gasteiger partial charge in [0.1, 0.15) is 18.4 Å². The molecule has 13 nitrogen and oxygen atoms in total. The Morgan fingerprint density at radius 2 is 1.32 bits per heavy atom. The smallest absolute Gasteiger partial charge is 0.320 e. The Balaban J connectivity index is 3.87. The zero-order valence-electron chi connectivity index (χ0n) is 25.4. The molecule has 40 heavy (non-hydrogen) atoms. The first-order valence-corrected chi connectivity index (χ1v) is 13.8. The number of hydrogen-bond acceptors (Lipinski definition) is 12. The predicted octanol–water partition coefficient (Wildman–Crippen LogP) is 0.110. The highest BCUT2D eigenvalue weighted by atomic mass is 16.7. The predicted molar refractivity (Wildman–Crippen MR) is 150 cm³/mol. The minimum absolute atomic E-state index is 0.0495. The summed E-state index contributed by atoms with van der Waals surface area (Å²) in [4.78, 5) is 52.3. The van der Waals surface area contributed by atoms with E-state index in [0.29, 0.717) is 52.7 Å². The van der Waals surface area contributed by atoms with Gasteiger partial charge in [0, 0.05) is 32.0 Å². The molecule has 0 amide bonds. The number of carbonyl (C=O) groups excluding carboxylic acids is 3. The number of hydroxylamine groups is 1. The van der Waals surface area contributed by atoms with Crippen molar-refractivity contribution in [2.45, 2.75) is 71.5 Å². The molecule has 0 rings (SSSR count). The van der Waals surface area contributed by atoms with E-state index in [4.69, 9.17) is 24.2 Å². The average Bonchev–Trinajstić information content (AvgIpc) is 2.88. The van der Waals surface area contributed by atoms with Crippen molar-refractivity contribution >= 4 is 23.3 Å². The zero-order chi connectivity index (χ0) is 30.6. The van der Waals surface area contributed by atoms with Crippen LogP contribution in [0.15, 0.2) is 0 Å². The molecule has 234 valence electrons. The number of likely N-dealkylation sites (N-methyl/N-ethyl adjacent to an activating group) is 1. The molecule has 0 aliphatic heterocycles.